The van der Waals surface area contributed by atoms with E-state index in [0.717, 1.165) is 5.19 Å². The molecule has 0 aliphatic carbocycles. The molecule has 0 spiro atoms. The summed E-state index contributed by atoms with van der Waals surface area (Å²) in [5.41, 5.74) is 0. The molecular weight excluding hydrogens is 320 g/mol. The Balaban J connectivity index is 2.47. The van der Waals surface area contributed by atoms with Crippen molar-refractivity contribution in [3.05, 3.63) is 30.3 Å². The maximum atomic E-state index is 6.37. The predicted molar refractivity (Wildman–Crippen MR) is 90.0 cm³/mol. The first kappa shape index (κ1) is 16.3. The van der Waals surface area contributed by atoms with Gasteiger partial charge in [0.25, 0.3) is 0 Å². The summed E-state index contributed by atoms with van der Waals surface area (Å²) in [6.07, 6.45) is 0. The Morgan fingerprint density at radius 3 is 1.80 bits per heavy atom. The van der Waals surface area contributed by atoms with Crippen molar-refractivity contribution in [3.8, 4) is 0 Å². The smallest absolute Gasteiger partial charge is 0.416 e. The molecule has 1 aromatic carbocycles. The molecule has 1 aliphatic heterocycles. The fourth-order valence-electron chi connectivity index (χ4n) is 2.49. The van der Waals surface area contributed by atoms with Crippen LogP contribution in [0.4, 0.5) is 0 Å². The van der Waals surface area contributed by atoms with Crippen LogP contribution in [0.2, 0.25) is 39.3 Å². The third-order valence-corrected chi connectivity index (χ3v) is 17.0. The maximum Gasteiger partial charge on any atom is 0.508 e. The van der Waals surface area contributed by atoms with Gasteiger partial charge in [0, 0.05) is 5.19 Å². The molecule has 0 aromatic heterocycles. The quantitative estimate of drug-likeness (QED) is 0.789. The number of hydrogen-bond donors (Lipinski definition) is 0. The van der Waals surface area contributed by atoms with Crippen molar-refractivity contribution in [2.24, 2.45) is 0 Å². The van der Waals surface area contributed by atoms with E-state index in [1.54, 1.807) is 0 Å². The molecule has 1 saturated heterocycles. The monoisotopic (exact) mass is 344 g/mol. The average Bonchev–Trinajstić information content (AvgIpc) is 2.24. The molecule has 0 saturated carbocycles. The topological polar surface area (TPSA) is 36.9 Å². The highest BCUT2D eigenvalue weighted by Gasteiger charge is 2.59. The normalized spacial score (nSPS) is 23.8. The van der Waals surface area contributed by atoms with Crippen LogP contribution in [0.3, 0.4) is 0 Å². The van der Waals surface area contributed by atoms with Gasteiger partial charge in [-0.15, -0.1) is 0 Å². The first-order chi connectivity index (χ1) is 9.14. The van der Waals surface area contributed by atoms with Crippen molar-refractivity contribution in [1.29, 1.82) is 0 Å². The van der Waals surface area contributed by atoms with Crippen LogP contribution in [-0.2, 0) is 16.5 Å². The van der Waals surface area contributed by atoms with Crippen molar-refractivity contribution in [2.75, 3.05) is 0 Å². The summed E-state index contributed by atoms with van der Waals surface area (Å²) in [5, 5.41) is 1.06. The number of rotatable bonds is 3. The minimum Gasteiger partial charge on any atom is -0.416 e. The van der Waals surface area contributed by atoms with Gasteiger partial charge in [-0.2, -0.15) is 0 Å². The molecule has 0 unspecified atom stereocenters. The Bertz CT molecular complexity index is 448. The largest absolute Gasteiger partial charge is 0.508 e. The Labute approximate surface area is 126 Å². The maximum absolute atomic E-state index is 6.37. The molecule has 0 amide bonds. The zero-order valence-electron chi connectivity index (χ0n) is 13.1. The summed E-state index contributed by atoms with van der Waals surface area (Å²) < 4.78 is 25.2. The third-order valence-electron chi connectivity index (χ3n) is 2.77. The fourth-order valence-corrected chi connectivity index (χ4v) is 19.8. The molecule has 1 aromatic rings. The van der Waals surface area contributed by atoms with E-state index in [9.17, 15) is 0 Å². The summed E-state index contributed by atoms with van der Waals surface area (Å²) in [6, 6.07) is 10.1. The zero-order valence-corrected chi connectivity index (χ0v) is 17.3. The van der Waals surface area contributed by atoms with Crippen LogP contribution in [0.5, 0.6) is 0 Å². The van der Waals surface area contributed by atoms with E-state index < -0.39 is 35.0 Å². The van der Waals surface area contributed by atoms with Crippen molar-refractivity contribution in [3.63, 3.8) is 0 Å². The minimum absolute atomic E-state index is 1.06. The van der Waals surface area contributed by atoms with Gasteiger partial charge < -0.3 is 16.5 Å². The van der Waals surface area contributed by atoms with Crippen molar-refractivity contribution < 1.29 is 16.5 Å². The van der Waals surface area contributed by atoms with E-state index >= 15 is 0 Å². The summed E-state index contributed by atoms with van der Waals surface area (Å²) >= 11 is 0. The molecule has 0 radical (unpaired) electrons. The zero-order chi connectivity index (χ0) is 15.0. The first-order valence-corrected chi connectivity index (χ1v) is 17.1. The van der Waals surface area contributed by atoms with Crippen molar-refractivity contribution >= 4 is 40.2 Å². The van der Waals surface area contributed by atoms with Gasteiger partial charge in [-0.3, -0.25) is 0 Å². The lowest BCUT2D eigenvalue weighted by Gasteiger charge is -2.48. The summed E-state index contributed by atoms with van der Waals surface area (Å²) in [7, 11) is -8.56. The highest BCUT2D eigenvalue weighted by molar-refractivity contribution is 6.97. The standard InChI is InChI=1S/C12H24O4Si4/c1-17(2)13-20(12-10-8-7-9-11-12)15-18(3,4)14-19(5,6)16-20/h7-11,17H,1-6H3. The average molecular weight is 345 g/mol. The van der Waals surface area contributed by atoms with Crippen LogP contribution in [0, 0.1) is 0 Å². The van der Waals surface area contributed by atoms with Gasteiger partial charge in [0.05, 0.1) is 0 Å². The van der Waals surface area contributed by atoms with Gasteiger partial charge >= 0.3 is 25.9 Å². The molecule has 1 fully saturated rings. The van der Waals surface area contributed by atoms with Crippen LogP contribution in [0.1, 0.15) is 0 Å². The summed E-state index contributed by atoms with van der Waals surface area (Å²) in [4.78, 5) is 0. The van der Waals surface area contributed by atoms with E-state index in [0.29, 0.717) is 0 Å². The van der Waals surface area contributed by atoms with Gasteiger partial charge in [0.1, 0.15) is 0 Å². The van der Waals surface area contributed by atoms with Crippen LogP contribution < -0.4 is 5.19 Å². The highest BCUT2D eigenvalue weighted by Crippen LogP contribution is 2.31. The molecule has 0 atom stereocenters. The Hall–Kier alpha value is -0.0725. The van der Waals surface area contributed by atoms with Gasteiger partial charge in [0.15, 0.2) is 9.04 Å². The van der Waals surface area contributed by atoms with Crippen molar-refractivity contribution in [2.45, 2.75) is 39.3 Å². The second kappa shape index (κ2) is 5.61. The Morgan fingerprint density at radius 2 is 1.35 bits per heavy atom. The number of benzene rings is 1. The second-order valence-corrected chi connectivity index (χ2v) is 19.0. The lowest BCUT2D eigenvalue weighted by molar-refractivity contribution is 0.180. The van der Waals surface area contributed by atoms with Gasteiger partial charge in [-0.1, -0.05) is 30.3 Å². The minimum atomic E-state index is -2.83. The molecular formula is C12H24O4Si4. The lowest BCUT2D eigenvalue weighted by atomic mass is 10.4. The van der Waals surface area contributed by atoms with Crippen molar-refractivity contribution in [1.82, 2.24) is 0 Å². The molecule has 8 heteroatoms. The summed E-state index contributed by atoms with van der Waals surface area (Å²) in [5.74, 6) is 0. The molecule has 20 heavy (non-hydrogen) atoms. The van der Waals surface area contributed by atoms with E-state index in [4.69, 9.17) is 16.5 Å². The van der Waals surface area contributed by atoms with Crippen LogP contribution >= 0.6 is 0 Å². The Morgan fingerprint density at radius 1 is 0.850 bits per heavy atom. The molecule has 112 valence electrons. The van der Waals surface area contributed by atoms with E-state index in [-0.39, 0.29) is 0 Å². The van der Waals surface area contributed by atoms with Crippen LogP contribution in [-0.4, -0.2) is 35.0 Å². The third kappa shape index (κ3) is 3.77. The molecule has 1 aliphatic rings. The molecule has 4 nitrogen and oxygen atoms in total. The first-order valence-electron chi connectivity index (χ1n) is 6.98. The van der Waals surface area contributed by atoms with E-state index in [2.05, 4.69) is 51.4 Å². The second-order valence-electron chi connectivity index (χ2n) is 6.19. The van der Waals surface area contributed by atoms with Gasteiger partial charge in [-0.05, 0) is 39.3 Å². The van der Waals surface area contributed by atoms with E-state index in [1.165, 1.54) is 0 Å². The summed E-state index contributed by atoms with van der Waals surface area (Å²) in [6.45, 7) is 12.6. The van der Waals surface area contributed by atoms with Crippen LogP contribution in [0.15, 0.2) is 30.3 Å². The predicted octanol–water partition coefficient (Wildman–Crippen LogP) is 2.30. The fraction of sp³-hybridized carbons (Fsp3) is 0.500. The van der Waals surface area contributed by atoms with Gasteiger partial charge in [-0.25, -0.2) is 0 Å². The Kier molecular flexibility index (Phi) is 4.57. The molecule has 0 bridgehead atoms. The van der Waals surface area contributed by atoms with Gasteiger partial charge in [0.2, 0.25) is 0 Å². The highest BCUT2D eigenvalue weighted by atomic mass is 28.5. The molecule has 2 rings (SSSR count). The number of hydrogen-bond acceptors (Lipinski definition) is 4. The molecule has 1 heterocycles. The SMILES string of the molecule is C[SiH](C)O[Si]1(c2ccccc2)O[Si](C)(C)O[Si](C)(C)O1. The lowest BCUT2D eigenvalue weighted by Crippen LogP contribution is -2.73. The van der Waals surface area contributed by atoms with E-state index in [1.807, 2.05) is 18.2 Å². The molecule has 0 N–H and O–H groups in total. The van der Waals surface area contributed by atoms with Crippen LogP contribution in [0.25, 0.3) is 0 Å².